The van der Waals surface area contributed by atoms with E-state index >= 15 is 0 Å². The summed E-state index contributed by atoms with van der Waals surface area (Å²) in [6.07, 6.45) is 6.71. The molecule has 4 heteroatoms. The minimum Gasteiger partial charge on any atom is -0.493 e. The number of halogens is 1. The van der Waals surface area contributed by atoms with Crippen molar-refractivity contribution in [2.24, 2.45) is 5.73 Å². The Bertz CT molecular complexity index is 524. The number of hydrogen-bond donors (Lipinski definition) is 1. The molecule has 0 aromatic heterocycles. The van der Waals surface area contributed by atoms with Gasteiger partial charge in [0.25, 0.3) is 0 Å². The highest BCUT2D eigenvalue weighted by atomic mass is 35.5. The first-order valence-electron chi connectivity index (χ1n) is 7.90. The van der Waals surface area contributed by atoms with Crippen LogP contribution in [0, 0.1) is 0 Å². The third kappa shape index (κ3) is 2.67. The van der Waals surface area contributed by atoms with E-state index in [1.54, 1.807) is 0 Å². The van der Waals surface area contributed by atoms with Crippen molar-refractivity contribution in [3.63, 3.8) is 0 Å². The number of fused-ring (bicyclic) bond motifs is 1. The highest BCUT2D eigenvalue weighted by molar-refractivity contribution is 6.30. The van der Waals surface area contributed by atoms with Gasteiger partial charge >= 0.3 is 0 Å². The Morgan fingerprint density at radius 1 is 1.33 bits per heavy atom. The zero-order valence-electron chi connectivity index (χ0n) is 13.0. The second-order valence-corrected chi connectivity index (χ2v) is 7.10. The molecular weight excluding hydrogens is 284 g/mol. The van der Waals surface area contributed by atoms with Crippen LogP contribution in [0.4, 0.5) is 0 Å². The average Bonchev–Trinajstić information content (AvgIpc) is 3.07. The first kappa shape index (κ1) is 15.1. The van der Waals surface area contributed by atoms with E-state index in [0.29, 0.717) is 0 Å². The van der Waals surface area contributed by atoms with Crippen LogP contribution in [-0.2, 0) is 12.8 Å². The monoisotopic (exact) mass is 308 g/mol. The quantitative estimate of drug-likeness (QED) is 0.929. The van der Waals surface area contributed by atoms with Gasteiger partial charge in [-0.25, -0.2) is 0 Å². The van der Waals surface area contributed by atoms with Gasteiger partial charge in [0.15, 0.2) is 0 Å². The number of benzene rings is 1. The zero-order valence-corrected chi connectivity index (χ0v) is 13.7. The molecule has 3 nitrogen and oxygen atoms in total. The summed E-state index contributed by atoms with van der Waals surface area (Å²) in [5.74, 6) is 1.03. The van der Waals surface area contributed by atoms with Crippen molar-refractivity contribution in [3.05, 3.63) is 28.3 Å². The molecule has 1 aromatic carbocycles. The summed E-state index contributed by atoms with van der Waals surface area (Å²) in [5, 5.41) is 0.798. The number of nitrogens with two attached hydrogens (primary N) is 1. The third-order valence-electron chi connectivity index (χ3n) is 5.32. The second kappa shape index (κ2) is 5.79. The van der Waals surface area contributed by atoms with Gasteiger partial charge in [-0.05, 0) is 56.6 Å². The Kier molecular flexibility index (Phi) is 4.17. The minimum atomic E-state index is 0.113. The van der Waals surface area contributed by atoms with Crippen molar-refractivity contribution in [3.8, 4) is 5.75 Å². The van der Waals surface area contributed by atoms with Crippen LogP contribution in [0.15, 0.2) is 12.1 Å². The fraction of sp³-hybridized carbons (Fsp3) is 0.647. The van der Waals surface area contributed by atoms with Gasteiger partial charge in [-0.1, -0.05) is 24.4 Å². The first-order valence-corrected chi connectivity index (χ1v) is 8.28. The third-order valence-corrected chi connectivity index (χ3v) is 5.53. The van der Waals surface area contributed by atoms with Crippen LogP contribution in [0.2, 0.25) is 5.02 Å². The number of nitrogens with zero attached hydrogens (tertiary/aromatic N) is 1. The number of ether oxygens (including phenoxy) is 1. The molecule has 0 radical (unpaired) electrons. The fourth-order valence-corrected chi connectivity index (χ4v) is 4.32. The summed E-state index contributed by atoms with van der Waals surface area (Å²) in [6.45, 7) is 0.761. The van der Waals surface area contributed by atoms with Gasteiger partial charge in [-0.2, -0.15) is 0 Å². The van der Waals surface area contributed by atoms with E-state index in [1.807, 2.05) is 12.1 Å². The van der Waals surface area contributed by atoms with E-state index in [9.17, 15) is 0 Å². The molecule has 1 atom stereocenters. The minimum absolute atomic E-state index is 0.113. The van der Waals surface area contributed by atoms with Crippen molar-refractivity contribution < 1.29 is 4.74 Å². The molecule has 1 fully saturated rings. The number of likely N-dealkylation sites (N-methyl/N-ethyl adjacent to an activating group) is 1. The molecule has 1 saturated carbocycles. The van der Waals surface area contributed by atoms with Crippen LogP contribution >= 0.6 is 11.6 Å². The molecular formula is C17H25ClN2O. The smallest absolute Gasteiger partial charge is 0.125 e. The van der Waals surface area contributed by atoms with Crippen LogP contribution in [-0.4, -0.2) is 37.2 Å². The first-order chi connectivity index (χ1) is 10.0. The summed E-state index contributed by atoms with van der Waals surface area (Å²) in [5.41, 5.74) is 9.18. The molecule has 1 aromatic rings. The maximum absolute atomic E-state index is 6.65. The summed E-state index contributed by atoms with van der Waals surface area (Å²) < 4.78 is 5.81. The molecule has 1 aliphatic heterocycles. The normalized spacial score (nSPS) is 21.4. The van der Waals surface area contributed by atoms with Gasteiger partial charge in [0, 0.05) is 23.0 Å². The summed E-state index contributed by atoms with van der Waals surface area (Å²) in [7, 11) is 4.31. The van der Waals surface area contributed by atoms with E-state index in [1.165, 1.54) is 36.8 Å². The molecule has 1 heterocycles. The largest absolute Gasteiger partial charge is 0.493 e. The zero-order chi connectivity index (χ0) is 15.0. The highest BCUT2D eigenvalue weighted by Gasteiger charge is 2.41. The number of rotatable bonds is 4. The Morgan fingerprint density at radius 3 is 2.71 bits per heavy atom. The van der Waals surface area contributed by atoms with Gasteiger partial charge < -0.3 is 15.4 Å². The molecule has 3 rings (SSSR count). The van der Waals surface area contributed by atoms with Gasteiger partial charge in [-0.3, -0.25) is 0 Å². The predicted octanol–water partition coefficient (Wildman–Crippen LogP) is 3.02. The highest BCUT2D eigenvalue weighted by Crippen LogP contribution is 2.39. The van der Waals surface area contributed by atoms with Crippen LogP contribution in [0.1, 0.15) is 36.8 Å². The lowest BCUT2D eigenvalue weighted by Crippen LogP contribution is -2.56. The van der Waals surface area contributed by atoms with Crippen molar-refractivity contribution in [2.75, 3.05) is 20.7 Å². The predicted molar refractivity (Wildman–Crippen MR) is 87.2 cm³/mol. The summed E-state index contributed by atoms with van der Waals surface area (Å²) in [4.78, 5) is 2.33. The molecule has 116 valence electrons. The van der Waals surface area contributed by atoms with Crippen LogP contribution in [0.3, 0.4) is 0 Å². The standard InChI is InChI=1S/C17H25ClN2O/c1-20(2)17(6-3-4-7-17)15(19)11-13-10-14(18)9-12-5-8-21-16(12)13/h9-10,15H,3-8,11,19H2,1-2H3. The molecule has 1 aliphatic carbocycles. The molecule has 2 aliphatic rings. The fourth-order valence-electron chi connectivity index (χ4n) is 4.06. The van der Waals surface area contributed by atoms with E-state index in [0.717, 1.165) is 30.2 Å². The van der Waals surface area contributed by atoms with Crippen molar-refractivity contribution in [1.29, 1.82) is 0 Å². The Morgan fingerprint density at radius 2 is 2.05 bits per heavy atom. The average molecular weight is 309 g/mol. The molecule has 0 amide bonds. The molecule has 1 unspecified atom stereocenters. The van der Waals surface area contributed by atoms with Gasteiger partial charge in [0.05, 0.1) is 6.61 Å². The second-order valence-electron chi connectivity index (χ2n) is 6.67. The Hall–Kier alpha value is -0.770. The molecule has 2 N–H and O–H groups in total. The van der Waals surface area contributed by atoms with Crippen LogP contribution in [0.5, 0.6) is 5.75 Å². The van der Waals surface area contributed by atoms with Crippen LogP contribution in [0.25, 0.3) is 0 Å². The lowest BCUT2D eigenvalue weighted by atomic mass is 9.83. The van der Waals surface area contributed by atoms with Gasteiger partial charge in [0.2, 0.25) is 0 Å². The molecule has 0 bridgehead atoms. The number of hydrogen-bond acceptors (Lipinski definition) is 3. The summed E-state index contributed by atoms with van der Waals surface area (Å²) >= 11 is 6.26. The Labute approximate surface area is 132 Å². The molecule has 0 saturated heterocycles. The maximum Gasteiger partial charge on any atom is 0.125 e. The topological polar surface area (TPSA) is 38.5 Å². The maximum atomic E-state index is 6.65. The summed E-state index contributed by atoms with van der Waals surface area (Å²) in [6, 6.07) is 4.17. The van der Waals surface area contributed by atoms with E-state index in [2.05, 4.69) is 19.0 Å². The molecule has 21 heavy (non-hydrogen) atoms. The van der Waals surface area contributed by atoms with Gasteiger partial charge in [-0.15, -0.1) is 0 Å². The van der Waals surface area contributed by atoms with Gasteiger partial charge in [0.1, 0.15) is 5.75 Å². The van der Waals surface area contributed by atoms with E-state index in [4.69, 9.17) is 22.1 Å². The van der Waals surface area contributed by atoms with Crippen molar-refractivity contribution in [1.82, 2.24) is 4.90 Å². The van der Waals surface area contributed by atoms with Crippen molar-refractivity contribution >= 4 is 11.6 Å². The van der Waals surface area contributed by atoms with E-state index < -0.39 is 0 Å². The molecule has 0 spiro atoms. The van der Waals surface area contributed by atoms with Crippen LogP contribution < -0.4 is 10.5 Å². The lowest BCUT2D eigenvalue weighted by molar-refractivity contribution is 0.122. The SMILES string of the molecule is CN(C)C1(C(N)Cc2cc(Cl)cc3c2OCC3)CCCC1. The Balaban J connectivity index is 1.86. The van der Waals surface area contributed by atoms with E-state index in [-0.39, 0.29) is 11.6 Å². The lowest BCUT2D eigenvalue weighted by Gasteiger charge is -2.41. The van der Waals surface area contributed by atoms with Crippen molar-refractivity contribution in [2.45, 2.75) is 50.1 Å².